The van der Waals surface area contributed by atoms with E-state index in [1.54, 1.807) is 6.20 Å². The number of aromatic nitrogens is 1. The maximum Gasteiger partial charge on any atom is 0.0374 e. The first-order valence-electron chi connectivity index (χ1n) is 3.86. The van der Waals surface area contributed by atoms with Crippen LogP contribution in [0.2, 0.25) is 0 Å². The molecular formula is C9H12ClN. The highest BCUT2D eigenvalue weighted by molar-refractivity contribution is 6.20. The number of nitrogens with zero attached hydrogens (tertiary/aromatic N) is 1. The first kappa shape index (κ1) is 8.54. The number of hydrogen-bond acceptors (Lipinski definition) is 1. The van der Waals surface area contributed by atoms with Gasteiger partial charge in [-0.3, -0.25) is 4.98 Å². The van der Waals surface area contributed by atoms with E-state index in [4.69, 9.17) is 11.6 Å². The van der Waals surface area contributed by atoms with Gasteiger partial charge in [-0.2, -0.15) is 0 Å². The molecule has 0 aromatic carbocycles. The average Bonchev–Trinajstić information content (AvgIpc) is 2.06. The van der Waals surface area contributed by atoms with E-state index in [-0.39, 0.29) is 5.38 Å². The van der Waals surface area contributed by atoms with Gasteiger partial charge in [0.25, 0.3) is 0 Å². The Balaban J connectivity index is 2.51. The van der Waals surface area contributed by atoms with Crippen molar-refractivity contribution in [3.63, 3.8) is 0 Å². The molecule has 0 aliphatic heterocycles. The first-order valence-corrected chi connectivity index (χ1v) is 4.29. The summed E-state index contributed by atoms with van der Waals surface area (Å²) in [4.78, 5) is 4.01. The van der Waals surface area contributed by atoms with Crippen molar-refractivity contribution in [2.24, 2.45) is 0 Å². The number of rotatable bonds is 3. The van der Waals surface area contributed by atoms with Gasteiger partial charge < -0.3 is 0 Å². The van der Waals surface area contributed by atoms with Gasteiger partial charge in [0.15, 0.2) is 0 Å². The monoisotopic (exact) mass is 169 g/mol. The highest BCUT2D eigenvalue weighted by Gasteiger charge is 2.01. The second-order valence-electron chi connectivity index (χ2n) is 2.57. The average molecular weight is 170 g/mol. The van der Waals surface area contributed by atoms with Crippen LogP contribution in [0.25, 0.3) is 0 Å². The van der Waals surface area contributed by atoms with Crippen molar-refractivity contribution in [2.45, 2.75) is 25.1 Å². The third-order valence-electron chi connectivity index (χ3n) is 1.62. The second kappa shape index (κ2) is 4.35. The summed E-state index contributed by atoms with van der Waals surface area (Å²) in [7, 11) is 0. The van der Waals surface area contributed by atoms with Gasteiger partial charge in [0.05, 0.1) is 0 Å². The number of pyridine rings is 1. The Morgan fingerprint density at radius 1 is 1.64 bits per heavy atom. The minimum atomic E-state index is 0.249. The topological polar surface area (TPSA) is 12.9 Å². The van der Waals surface area contributed by atoms with E-state index >= 15 is 0 Å². The number of halogens is 1. The molecule has 1 aromatic heterocycles. The van der Waals surface area contributed by atoms with Crippen molar-refractivity contribution in [1.82, 2.24) is 4.98 Å². The summed E-state index contributed by atoms with van der Waals surface area (Å²) in [6.45, 7) is 2.09. The molecule has 0 bridgehead atoms. The predicted molar refractivity (Wildman–Crippen MR) is 47.9 cm³/mol. The van der Waals surface area contributed by atoms with Gasteiger partial charge in [-0.25, -0.2) is 0 Å². The van der Waals surface area contributed by atoms with Crippen molar-refractivity contribution >= 4 is 11.6 Å². The maximum atomic E-state index is 5.97. The molecule has 0 spiro atoms. The molecule has 1 rings (SSSR count). The summed E-state index contributed by atoms with van der Waals surface area (Å²) < 4.78 is 0. The van der Waals surface area contributed by atoms with Gasteiger partial charge in [0.2, 0.25) is 0 Å². The van der Waals surface area contributed by atoms with Gasteiger partial charge in [0, 0.05) is 17.8 Å². The van der Waals surface area contributed by atoms with Crippen LogP contribution < -0.4 is 0 Å². The van der Waals surface area contributed by atoms with Crippen LogP contribution in [0.15, 0.2) is 24.5 Å². The third kappa shape index (κ3) is 2.89. The van der Waals surface area contributed by atoms with Crippen molar-refractivity contribution in [3.05, 3.63) is 30.1 Å². The standard InChI is InChI=1S/C9H12ClN/c1-2-9(10)6-8-4-3-5-11-7-8/h3-5,7,9H,2,6H2,1H3. The molecule has 1 unspecified atom stereocenters. The smallest absolute Gasteiger partial charge is 0.0374 e. The Bertz CT molecular complexity index is 198. The summed E-state index contributed by atoms with van der Waals surface area (Å²) in [6, 6.07) is 3.99. The number of hydrogen-bond donors (Lipinski definition) is 0. The summed E-state index contributed by atoms with van der Waals surface area (Å²) in [5.74, 6) is 0. The minimum Gasteiger partial charge on any atom is -0.264 e. The Morgan fingerprint density at radius 2 is 2.45 bits per heavy atom. The molecule has 0 fully saturated rings. The molecule has 1 aromatic rings. The minimum absolute atomic E-state index is 0.249. The largest absolute Gasteiger partial charge is 0.264 e. The molecule has 1 nitrogen and oxygen atoms in total. The molecule has 1 atom stereocenters. The highest BCUT2D eigenvalue weighted by atomic mass is 35.5. The first-order chi connectivity index (χ1) is 5.33. The van der Waals surface area contributed by atoms with E-state index in [2.05, 4.69) is 18.0 Å². The van der Waals surface area contributed by atoms with Crippen LogP contribution in [0.4, 0.5) is 0 Å². The quantitative estimate of drug-likeness (QED) is 0.634. The van der Waals surface area contributed by atoms with E-state index < -0.39 is 0 Å². The van der Waals surface area contributed by atoms with Gasteiger partial charge in [0.1, 0.15) is 0 Å². The van der Waals surface area contributed by atoms with Gasteiger partial charge in [-0.1, -0.05) is 13.0 Å². The second-order valence-corrected chi connectivity index (χ2v) is 3.19. The van der Waals surface area contributed by atoms with Crippen molar-refractivity contribution < 1.29 is 0 Å². The predicted octanol–water partition coefficient (Wildman–Crippen LogP) is 2.64. The van der Waals surface area contributed by atoms with Crippen LogP contribution in [-0.2, 0) is 6.42 Å². The highest BCUT2D eigenvalue weighted by Crippen LogP contribution is 2.09. The molecule has 0 N–H and O–H groups in total. The summed E-state index contributed by atoms with van der Waals surface area (Å²) in [5, 5.41) is 0.249. The van der Waals surface area contributed by atoms with Crippen LogP contribution >= 0.6 is 11.6 Å². The molecule has 1 heterocycles. The summed E-state index contributed by atoms with van der Waals surface area (Å²) >= 11 is 5.97. The normalized spacial score (nSPS) is 12.9. The van der Waals surface area contributed by atoms with Crippen LogP contribution in [0, 0.1) is 0 Å². The van der Waals surface area contributed by atoms with Gasteiger partial charge >= 0.3 is 0 Å². The van der Waals surface area contributed by atoms with Crippen molar-refractivity contribution in [3.8, 4) is 0 Å². The van der Waals surface area contributed by atoms with Crippen LogP contribution in [0.5, 0.6) is 0 Å². The molecule has 0 aliphatic rings. The molecule has 0 saturated carbocycles. The van der Waals surface area contributed by atoms with E-state index in [1.165, 1.54) is 5.56 Å². The van der Waals surface area contributed by atoms with E-state index in [0.717, 1.165) is 12.8 Å². The number of alkyl halides is 1. The van der Waals surface area contributed by atoms with E-state index in [0.29, 0.717) is 0 Å². The van der Waals surface area contributed by atoms with Crippen molar-refractivity contribution in [1.29, 1.82) is 0 Å². The molecule has 11 heavy (non-hydrogen) atoms. The maximum absolute atomic E-state index is 5.97. The Labute approximate surface area is 72.4 Å². The third-order valence-corrected chi connectivity index (χ3v) is 2.09. The van der Waals surface area contributed by atoms with Crippen LogP contribution in [0.3, 0.4) is 0 Å². The lowest BCUT2D eigenvalue weighted by Gasteiger charge is -2.04. The van der Waals surface area contributed by atoms with Crippen LogP contribution in [0.1, 0.15) is 18.9 Å². The fourth-order valence-electron chi connectivity index (χ4n) is 0.919. The lowest BCUT2D eigenvalue weighted by atomic mass is 10.1. The van der Waals surface area contributed by atoms with Crippen LogP contribution in [-0.4, -0.2) is 10.4 Å². The SMILES string of the molecule is CCC(Cl)Cc1cccnc1. The summed E-state index contributed by atoms with van der Waals surface area (Å²) in [5.41, 5.74) is 1.22. The van der Waals surface area contributed by atoms with Gasteiger partial charge in [-0.15, -0.1) is 11.6 Å². The Kier molecular flexibility index (Phi) is 3.37. The summed E-state index contributed by atoms with van der Waals surface area (Å²) in [6.07, 6.45) is 5.58. The zero-order chi connectivity index (χ0) is 8.10. The van der Waals surface area contributed by atoms with Gasteiger partial charge in [-0.05, 0) is 24.5 Å². The van der Waals surface area contributed by atoms with E-state index in [9.17, 15) is 0 Å². The molecule has 0 aliphatic carbocycles. The molecule has 0 amide bonds. The van der Waals surface area contributed by atoms with E-state index in [1.807, 2.05) is 12.3 Å². The zero-order valence-corrected chi connectivity index (χ0v) is 7.38. The lowest BCUT2D eigenvalue weighted by Crippen LogP contribution is -2.00. The molecular weight excluding hydrogens is 158 g/mol. The fourth-order valence-corrected chi connectivity index (χ4v) is 1.10. The fraction of sp³-hybridized carbons (Fsp3) is 0.444. The lowest BCUT2D eigenvalue weighted by molar-refractivity contribution is 0.802. The van der Waals surface area contributed by atoms with Crippen molar-refractivity contribution in [2.75, 3.05) is 0 Å². The molecule has 60 valence electrons. The Morgan fingerprint density at radius 3 is 3.00 bits per heavy atom. The molecule has 0 saturated heterocycles. The zero-order valence-electron chi connectivity index (χ0n) is 6.63. The molecule has 0 radical (unpaired) electrons. The molecule has 2 heteroatoms. The Hall–Kier alpha value is -0.560.